The van der Waals surface area contributed by atoms with Crippen LogP contribution in [0.4, 0.5) is 5.69 Å². The monoisotopic (exact) mass is 257 g/mol. The fourth-order valence-electron chi connectivity index (χ4n) is 1.90. The number of imidazole rings is 1. The second kappa shape index (κ2) is 4.24. The van der Waals surface area contributed by atoms with Crippen molar-refractivity contribution < 1.29 is 14.3 Å². The van der Waals surface area contributed by atoms with E-state index in [9.17, 15) is 9.59 Å². The number of ketones is 1. The number of aromatic amines is 1. The van der Waals surface area contributed by atoms with Crippen LogP contribution in [0, 0.1) is 0 Å². The summed E-state index contributed by atoms with van der Waals surface area (Å²) in [4.78, 5) is 29.4. The Labute approximate surface area is 108 Å². The molecule has 2 N–H and O–H groups in total. The first-order valence-electron chi connectivity index (χ1n) is 5.76. The average molecular weight is 257 g/mol. The Kier molecular flexibility index (Phi) is 2.56. The number of amides is 1. The number of carbonyl (C=O) groups is 2. The lowest BCUT2D eigenvalue weighted by molar-refractivity contribution is -0.118. The van der Waals surface area contributed by atoms with Gasteiger partial charge in [-0.05, 0) is 18.2 Å². The third kappa shape index (κ3) is 2.08. The van der Waals surface area contributed by atoms with Gasteiger partial charge in [-0.1, -0.05) is 0 Å². The van der Waals surface area contributed by atoms with Crippen molar-refractivity contribution in [3.8, 4) is 17.0 Å². The van der Waals surface area contributed by atoms with Gasteiger partial charge in [0.15, 0.2) is 18.2 Å². The van der Waals surface area contributed by atoms with Gasteiger partial charge in [0.25, 0.3) is 5.91 Å². The first kappa shape index (κ1) is 11.5. The van der Waals surface area contributed by atoms with Crippen molar-refractivity contribution in [3.63, 3.8) is 0 Å². The number of aromatic nitrogens is 2. The summed E-state index contributed by atoms with van der Waals surface area (Å²) < 4.78 is 5.28. The number of fused-ring (bicyclic) bond motifs is 1. The molecule has 3 rings (SSSR count). The summed E-state index contributed by atoms with van der Waals surface area (Å²) in [5, 5.41) is 2.73. The Morgan fingerprint density at radius 3 is 3.00 bits per heavy atom. The second-order valence-electron chi connectivity index (χ2n) is 4.25. The van der Waals surface area contributed by atoms with E-state index in [2.05, 4.69) is 15.3 Å². The van der Waals surface area contributed by atoms with E-state index >= 15 is 0 Å². The Morgan fingerprint density at radius 1 is 1.42 bits per heavy atom. The van der Waals surface area contributed by atoms with Gasteiger partial charge in [-0.25, -0.2) is 4.98 Å². The first-order chi connectivity index (χ1) is 9.13. The molecule has 1 amide bonds. The van der Waals surface area contributed by atoms with E-state index in [-0.39, 0.29) is 18.3 Å². The maximum Gasteiger partial charge on any atom is 0.262 e. The fourth-order valence-corrected chi connectivity index (χ4v) is 1.90. The zero-order valence-electron chi connectivity index (χ0n) is 10.2. The Hall–Kier alpha value is -2.63. The van der Waals surface area contributed by atoms with E-state index in [1.807, 2.05) is 6.07 Å². The van der Waals surface area contributed by atoms with Gasteiger partial charge in [0.2, 0.25) is 0 Å². The molecule has 0 unspecified atom stereocenters. The van der Waals surface area contributed by atoms with E-state index in [0.717, 1.165) is 5.56 Å². The highest BCUT2D eigenvalue weighted by Crippen LogP contribution is 2.31. The number of hydrogen-bond donors (Lipinski definition) is 2. The van der Waals surface area contributed by atoms with Crippen LogP contribution in [0.2, 0.25) is 0 Å². The summed E-state index contributed by atoms with van der Waals surface area (Å²) in [7, 11) is 0. The molecule has 0 atom stereocenters. The van der Waals surface area contributed by atoms with Gasteiger partial charge in [-0.15, -0.1) is 0 Å². The van der Waals surface area contributed by atoms with Crippen LogP contribution >= 0.6 is 0 Å². The summed E-state index contributed by atoms with van der Waals surface area (Å²) >= 11 is 0. The minimum absolute atomic E-state index is 0.0326. The number of rotatable bonds is 2. The van der Waals surface area contributed by atoms with Gasteiger partial charge in [0.1, 0.15) is 5.75 Å². The molecule has 6 heteroatoms. The summed E-state index contributed by atoms with van der Waals surface area (Å²) in [5.41, 5.74) is 2.16. The smallest absolute Gasteiger partial charge is 0.262 e. The normalized spacial score (nSPS) is 13.4. The van der Waals surface area contributed by atoms with Crippen LogP contribution in [0.5, 0.6) is 5.75 Å². The highest BCUT2D eigenvalue weighted by atomic mass is 16.5. The third-order valence-electron chi connectivity index (χ3n) is 2.83. The Bertz CT molecular complexity index is 676. The zero-order valence-corrected chi connectivity index (χ0v) is 10.2. The van der Waals surface area contributed by atoms with Gasteiger partial charge in [0, 0.05) is 12.5 Å². The number of nitrogens with zero attached hydrogens (tertiary/aromatic N) is 1. The van der Waals surface area contributed by atoms with Gasteiger partial charge in [-0.2, -0.15) is 0 Å². The van der Waals surface area contributed by atoms with Gasteiger partial charge in [0.05, 0.1) is 17.6 Å². The van der Waals surface area contributed by atoms with Crippen molar-refractivity contribution in [1.29, 1.82) is 0 Å². The molecule has 2 heterocycles. The highest BCUT2D eigenvalue weighted by Gasteiger charge is 2.17. The summed E-state index contributed by atoms with van der Waals surface area (Å²) in [6.07, 6.45) is 1.59. The number of H-pyrrole nitrogens is 1. The maximum absolute atomic E-state index is 11.3. The highest BCUT2D eigenvalue weighted by molar-refractivity contribution is 5.96. The molecular formula is C13H11N3O3. The molecule has 6 nitrogen and oxygen atoms in total. The summed E-state index contributed by atoms with van der Waals surface area (Å²) in [6, 6.07) is 5.40. The molecule has 1 aliphatic heterocycles. The van der Waals surface area contributed by atoms with E-state index in [4.69, 9.17) is 4.74 Å². The minimum atomic E-state index is -0.182. The Morgan fingerprint density at radius 2 is 2.26 bits per heavy atom. The van der Waals surface area contributed by atoms with Crippen LogP contribution in [0.25, 0.3) is 11.3 Å². The largest absolute Gasteiger partial charge is 0.482 e. The number of carbonyl (C=O) groups excluding carboxylic acids is 2. The number of anilines is 1. The lowest BCUT2D eigenvalue weighted by atomic mass is 10.1. The number of Topliss-reactive ketones (excluding diaryl/α,β-unsaturated/α-hetero) is 1. The molecule has 0 aliphatic carbocycles. The fraction of sp³-hybridized carbons (Fsp3) is 0.154. The molecule has 1 aliphatic rings. The zero-order chi connectivity index (χ0) is 13.4. The molecule has 19 heavy (non-hydrogen) atoms. The quantitative estimate of drug-likeness (QED) is 0.800. The predicted octanol–water partition coefficient (Wildman–Crippen LogP) is 1.61. The van der Waals surface area contributed by atoms with E-state index in [1.54, 1.807) is 18.3 Å². The molecule has 2 aromatic rings. The molecule has 0 saturated carbocycles. The second-order valence-corrected chi connectivity index (χ2v) is 4.25. The van der Waals surface area contributed by atoms with Crippen LogP contribution in [0.3, 0.4) is 0 Å². The van der Waals surface area contributed by atoms with E-state index in [1.165, 1.54) is 6.92 Å². The minimum Gasteiger partial charge on any atom is -0.482 e. The van der Waals surface area contributed by atoms with Gasteiger partial charge >= 0.3 is 0 Å². The van der Waals surface area contributed by atoms with Gasteiger partial charge in [-0.3, -0.25) is 9.59 Å². The van der Waals surface area contributed by atoms with E-state index in [0.29, 0.717) is 23.0 Å². The predicted molar refractivity (Wildman–Crippen MR) is 68.2 cm³/mol. The molecule has 0 radical (unpaired) electrons. The standard InChI is InChI=1S/C13H11N3O3/c1-7(17)13-14-5-10(16-13)8-2-3-11-9(4-8)15-12(18)6-19-11/h2-5H,6H2,1H3,(H,14,16)(H,15,18). The van der Waals surface area contributed by atoms with Crippen molar-refractivity contribution in [2.75, 3.05) is 11.9 Å². The van der Waals surface area contributed by atoms with E-state index < -0.39 is 0 Å². The van der Waals surface area contributed by atoms with Crippen molar-refractivity contribution in [3.05, 3.63) is 30.2 Å². The number of benzene rings is 1. The summed E-state index contributed by atoms with van der Waals surface area (Å²) in [5.74, 6) is 0.641. The van der Waals surface area contributed by atoms with Crippen LogP contribution in [0.15, 0.2) is 24.4 Å². The lowest BCUT2D eigenvalue weighted by Gasteiger charge is -2.18. The van der Waals surface area contributed by atoms with Crippen molar-refractivity contribution in [1.82, 2.24) is 9.97 Å². The van der Waals surface area contributed by atoms with Crippen molar-refractivity contribution in [2.24, 2.45) is 0 Å². The molecule has 96 valence electrons. The molecular weight excluding hydrogens is 246 g/mol. The van der Waals surface area contributed by atoms with Crippen molar-refractivity contribution in [2.45, 2.75) is 6.92 Å². The van der Waals surface area contributed by atoms with Crippen LogP contribution in [0.1, 0.15) is 17.5 Å². The molecule has 0 spiro atoms. The molecule has 0 fully saturated rings. The first-order valence-corrected chi connectivity index (χ1v) is 5.76. The molecule has 1 aromatic heterocycles. The van der Waals surface area contributed by atoms with Crippen molar-refractivity contribution >= 4 is 17.4 Å². The van der Waals surface area contributed by atoms with Gasteiger partial charge < -0.3 is 15.0 Å². The molecule has 0 bridgehead atoms. The average Bonchev–Trinajstić information content (AvgIpc) is 2.87. The van der Waals surface area contributed by atoms with Crippen LogP contribution in [-0.4, -0.2) is 28.3 Å². The number of hydrogen-bond acceptors (Lipinski definition) is 4. The Balaban J connectivity index is 1.99. The SMILES string of the molecule is CC(=O)c1ncc(-c2ccc3c(c2)NC(=O)CO3)[nH]1. The maximum atomic E-state index is 11.3. The molecule has 0 saturated heterocycles. The third-order valence-corrected chi connectivity index (χ3v) is 2.83. The van der Waals surface area contributed by atoms with Crippen LogP contribution in [-0.2, 0) is 4.79 Å². The number of ether oxygens (including phenoxy) is 1. The summed E-state index contributed by atoms with van der Waals surface area (Å²) in [6.45, 7) is 1.48. The topological polar surface area (TPSA) is 84.1 Å². The number of nitrogens with one attached hydrogen (secondary N) is 2. The van der Waals surface area contributed by atoms with Crippen LogP contribution < -0.4 is 10.1 Å². The molecule has 1 aromatic carbocycles. The lowest BCUT2D eigenvalue weighted by Crippen LogP contribution is -2.25.